The Morgan fingerprint density at radius 3 is 2.80 bits per heavy atom. The van der Waals surface area contributed by atoms with E-state index < -0.39 is 0 Å². The molecule has 2 rings (SSSR count). The molecule has 2 heteroatoms. The first-order chi connectivity index (χ1) is 4.71. The third kappa shape index (κ3) is 0.762. The van der Waals surface area contributed by atoms with Crippen LogP contribution in [0.25, 0.3) is 0 Å². The zero-order valence-corrected chi connectivity index (χ0v) is 6.29. The lowest BCUT2D eigenvalue weighted by atomic mass is 10.1. The molecule has 0 aromatic carbocycles. The zero-order valence-electron chi connectivity index (χ0n) is 6.29. The number of epoxide rings is 1. The molecule has 0 amide bonds. The summed E-state index contributed by atoms with van der Waals surface area (Å²) in [7, 11) is 2.02. The fraction of sp³-hybridized carbons (Fsp3) is 0.500. The summed E-state index contributed by atoms with van der Waals surface area (Å²) in [5.41, 5.74) is 1.33. The van der Waals surface area contributed by atoms with Crippen molar-refractivity contribution in [3.05, 3.63) is 24.0 Å². The van der Waals surface area contributed by atoms with E-state index in [1.54, 1.807) is 0 Å². The molecule has 1 saturated heterocycles. The lowest BCUT2D eigenvalue weighted by molar-refractivity contribution is 0.329. The predicted molar refractivity (Wildman–Crippen MR) is 38.7 cm³/mol. The van der Waals surface area contributed by atoms with Gasteiger partial charge in [-0.3, -0.25) is 0 Å². The Hall–Kier alpha value is -0.760. The van der Waals surface area contributed by atoms with E-state index in [1.807, 2.05) is 17.8 Å². The van der Waals surface area contributed by atoms with Gasteiger partial charge in [0.2, 0.25) is 0 Å². The maximum atomic E-state index is 5.28. The molecule has 0 radical (unpaired) electrons. The van der Waals surface area contributed by atoms with E-state index in [0.717, 1.165) is 6.61 Å². The Morgan fingerprint density at radius 2 is 2.40 bits per heavy atom. The molecule has 54 valence electrons. The first-order valence-electron chi connectivity index (χ1n) is 3.47. The summed E-state index contributed by atoms with van der Waals surface area (Å²) >= 11 is 0. The Morgan fingerprint density at radius 1 is 1.70 bits per heavy atom. The Kier molecular flexibility index (Phi) is 0.980. The van der Waals surface area contributed by atoms with Crippen molar-refractivity contribution in [3.63, 3.8) is 0 Å². The summed E-state index contributed by atoms with van der Waals surface area (Å²) in [6, 6.07) is 2.10. The van der Waals surface area contributed by atoms with Gasteiger partial charge >= 0.3 is 0 Å². The first kappa shape index (κ1) is 5.98. The molecule has 0 aliphatic carbocycles. The summed E-state index contributed by atoms with van der Waals surface area (Å²) in [5, 5.41) is 0. The minimum Gasteiger partial charge on any atom is -0.365 e. The number of hydrogen-bond donors (Lipinski definition) is 0. The van der Waals surface area contributed by atoms with Gasteiger partial charge in [0.1, 0.15) is 5.60 Å². The van der Waals surface area contributed by atoms with Gasteiger partial charge in [0.15, 0.2) is 0 Å². The quantitative estimate of drug-likeness (QED) is 0.533. The van der Waals surface area contributed by atoms with Crippen LogP contribution in [-0.2, 0) is 17.4 Å². The Labute approximate surface area is 60.4 Å². The zero-order chi connectivity index (χ0) is 7.19. The van der Waals surface area contributed by atoms with Crippen LogP contribution in [0.3, 0.4) is 0 Å². The molecular formula is C8H11NO. The molecule has 1 aromatic rings. The highest BCUT2D eigenvalue weighted by atomic mass is 16.6. The lowest BCUT2D eigenvalue weighted by Gasteiger charge is -1.98. The van der Waals surface area contributed by atoms with Gasteiger partial charge in [0, 0.05) is 25.0 Å². The molecule has 10 heavy (non-hydrogen) atoms. The van der Waals surface area contributed by atoms with Crippen molar-refractivity contribution in [1.82, 2.24) is 4.57 Å². The van der Waals surface area contributed by atoms with Crippen molar-refractivity contribution in [2.24, 2.45) is 7.05 Å². The highest BCUT2D eigenvalue weighted by molar-refractivity contribution is 5.22. The Bertz CT molecular complexity index is 248. The predicted octanol–water partition coefficient (Wildman–Crippen LogP) is 1.27. The molecule has 0 saturated carbocycles. The average Bonchev–Trinajstić information content (AvgIpc) is 2.45. The van der Waals surface area contributed by atoms with E-state index in [9.17, 15) is 0 Å². The first-order valence-corrected chi connectivity index (χ1v) is 3.47. The summed E-state index contributed by atoms with van der Waals surface area (Å²) in [6.45, 7) is 2.99. The fourth-order valence-corrected chi connectivity index (χ4v) is 1.09. The van der Waals surface area contributed by atoms with E-state index >= 15 is 0 Å². The molecule has 0 spiro atoms. The second-order valence-electron chi connectivity index (χ2n) is 3.09. The molecule has 2 heterocycles. The maximum Gasteiger partial charge on any atom is 0.115 e. The molecule has 0 bridgehead atoms. The number of hydrogen-bond acceptors (Lipinski definition) is 1. The van der Waals surface area contributed by atoms with Crippen molar-refractivity contribution in [2.75, 3.05) is 6.61 Å². The van der Waals surface area contributed by atoms with Gasteiger partial charge in [-0.25, -0.2) is 0 Å². The SMILES string of the molecule is Cn1ccc(C2(C)CO2)c1. The van der Waals surface area contributed by atoms with E-state index in [1.165, 1.54) is 5.56 Å². The van der Waals surface area contributed by atoms with Crippen LogP contribution in [0.1, 0.15) is 12.5 Å². The van der Waals surface area contributed by atoms with Crippen LogP contribution in [-0.4, -0.2) is 11.2 Å². The van der Waals surface area contributed by atoms with Gasteiger partial charge in [-0.1, -0.05) is 0 Å². The second-order valence-corrected chi connectivity index (χ2v) is 3.09. The van der Waals surface area contributed by atoms with Gasteiger partial charge in [0.25, 0.3) is 0 Å². The van der Waals surface area contributed by atoms with Crippen LogP contribution < -0.4 is 0 Å². The van der Waals surface area contributed by atoms with Gasteiger partial charge in [-0.15, -0.1) is 0 Å². The number of aromatic nitrogens is 1. The standard InChI is InChI=1S/C8H11NO/c1-8(6-10-8)7-3-4-9(2)5-7/h3-5H,6H2,1-2H3. The van der Waals surface area contributed by atoms with Crippen LogP contribution >= 0.6 is 0 Å². The summed E-state index contributed by atoms with van der Waals surface area (Å²) < 4.78 is 7.33. The van der Waals surface area contributed by atoms with Crippen molar-refractivity contribution in [1.29, 1.82) is 0 Å². The topological polar surface area (TPSA) is 17.5 Å². The van der Waals surface area contributed by atoms with E-state index in [0.29, 0.717) is 0 Å². The summed E-state index contributed by atoms with van der Waals surface area (Å²) in [4.78, 5) is 0. The minimum absolute atomic E-state index is 0.0429. The third-order valence-electron chi connectivity index (χ3n) is 2.02. The van der Waals surface area contributed by atoms with E-state index in [4.69, 9.17) is 4.74 Å². The Balaban J connectivity index is 2.34. The van der Waals surface area contributed by atoms with E-state index in [-0.39, 0.29) is 5.60 Å². The fourth-order valence-electron chi connectivity index (χ4n) is 1.09. The largest absolute Gasteiger partial charge is 0.365 e. The van der Waals surface area contributed by atoms with Crippen LogP contribution in [0.15, 0.2) is 18.5 Å². The monoisotopic (exact) mass is 137 g/mol. The lowest BCUT2D eigenvalue weighted by Crippen LogP contribution is -1.99. The van der Waals surface area contributed by atoms with Crippen LogP contribution in [0.2, 0.25) is 0 Å². The molecule has 1 aromatic heterocycles. The maximum absolute atomic E-state index is 5.28. The second kappa shape index (κ2) is 1.64. The normalized spacial score (nSPS) is 30.6. The highest BCUT2D eigenvalue weighted by Gasteiger charge is 2.41. The van der Waals surface area contributed by atoms with Crippen LogP contribution in [0.4, 0.5) is 0 Å². The summed E-state index contributed by atoms with van der Waals surface area (Å²) in [5.74, 6) is 0. The van der Waals surface area contributed by atoms with Gasteiger partial charge < -0.3 is 9.30 Å². The smallest absolute Gasteiger partial charge is 0.115 e. The molecule has 2 nitrogen and oxygen atoms in total. The number of ether oxygens (including phenoxy) is 1. The number of aryl methyl sites for hydroxylation is 1. The van der Waals surface area contributed by atoms with Crippen molar-refractivity contribution >= 4 is 0 Å². The molecular weight excluding hydrogens is 126 g/mol. The van der Waals surface area contributed by atoms with Gasteiger partial charge in [-0.05, 0) is 13.0 Å². The third-order valence-corrected chi connectivity index (χ3v) is 2.02. The van der Waals surface area contributed by atoms with Crippen LogP contribution in [0, 0.1) is 0 Å². The number of rotatable bonds is 1. The van der Waals surface area contributed by atoms with E-state index in [2.05, 4.69) is 19.2 Å². The molecule has 1 aliphatic rings. The molecule has 1 unspecified atom stereocenters. The van der Waals surface area contributed by atoms with Gasteiger partial charge in [0.05, 0.1) is 6.61 Å². The minimum atomic E-state index is 0.0429. The van der Waals surface area contributed by atoms with Crippen molar-refractivity contribution in [3.8, 4) is 0 Å². The van der Waals surface area contributed by atoms with Crippen molar-refractivity contribution < 1.29 is 4.74 Å². The van der Waals surface area contributed by atoms with Crippen LogP contribution in [0.5, 0.6) is 0 Å². The molecule has 0 N–H and O–H groups in total. The average molecular weight is 137 g/mol. The molecule has 1 fully saturated rings. The number of nitrogens with zero attached hydrogens (tertiary/aromatic N) is 1. The van der Waals surface area contributed by atoms with Crippen molar-refractivity contribution in [2.45, 2.75) is 12.5 Å². The molecule has 1 aliphatic heterocycles. The summed E-state index contributed by atoms with van der Waals surface area (Å²) in [6.07, 6.45) is 4.15. The van der Waals surface area contributed by atoms with Gasteiger partial charge in [-0.2, -0.15) is 0 Å². The highest BCUT2D eigenvalue weighted by Crippen LogP contribution is 2.37. The molecule has 1 atom stereocenters.